The fraction of sp³-hybridized carbons (Fsp3) is 0.636. The number of carbonyl (C=O) groups is 2. The molecule has 0 radical (unpaired) electrons. The van der Waals surface area contributed by atoms with Crippen LogP contribution in [0.1, 0.15) is 65.0 Å². The Labute approximate surface area is 168 Å². The van der Waals surface area contributed by atoms with Crippen LogP contribution in [-0.2, 0) is 22.5 Å². The SMILES string of the molecule is CC1CCCC(C)N1Cc1ccc(CC(NC(=O)OC(C)(C)C)C(=O)O)cc1. The van der Waals surface area contributed by atoms with Gasteiger partial charge in [-0.05, 0) is 58.6 Å². The van der Waals surface area contributed by atoms with Gasteiger partial charge in [0, 0.05) is 25.0 Å². The van der Waals surface area contributed by atoms with Crippen molar-refractivity contribution in [1.29, 1.82) is 0 Å². The number of benzene rings is 1. The topological polar surface area (TPSA) is 78.9 Å². The molecule has 1 aliphatic rings. The Bertz CT molecular complexity index is 656. The largest absolute Gasteiger partial charge is 0.480 e. The maximum atomic E-state index is 11.9. The number of rotatable bonds is 6. The molecule has 0 spiro atoms. The van der Waals surface area contributed by atoms with E-state index in [4.69, 9.17) is 4.74 Å². The molecule has 3 atom stereocenters. The average Bonchev–Trinajstić information content (AvgIpc) is 2.57. The summed E-state index contributed by atoms with van der Waals surface area (Å²) in [5, 5.41) is 11.9. The molecule has 0 bridgehead atoms. The lowest BCUT2D eigenvalue weighted by atomic mass is 9.96. The number of aliphatic carboxylic acids is 1. The van der Waals surface area contributed by atoms with Crippen LogP contribution in [-0.4, -0.2) is 45.8 Å². The molecule has 1 heterocycles. The molecule has 6 heteroatoms. The number of hydrogen-bond donors (Lipinski definition) is 2. The van der Waals surface area contributed by atoms with E-state index in [0.717, 1.165) is 12.1 Å². The Kier molecular flexibility index (Phi) is 7.47. The van der Waals surface area contributed by atoms with Crippen molar-refractivity contribution < 1.29 is 19.4 Å². The normalized spacial score (nSPS) is 21.8. The molecule has 1 amide bonds. The van der Waals surface area contributed by atoms with Crippen LogP contribution >= 0.6 is 0 Å². The number of ether oxygens (including phenoxy) is 1. The zero-order chi connectivity index (χ0) is 20.9. The molecule has 0 aromatic heterocycles. The van der Waals surface area contributed by atoms with Crippen molar-refractivity contribution in [2.75, 3.05) is 0 Å². The molecule has 1 aromatic carbocycles. The lowest BCUT2D eigenvalue weighted by Crippen LogP contribution is -2.44. The third-order valence-corrected chi connectivity index (χ3v) is 5.19. The zero-order valence-electron chi connectivity index (χ0n) is 17.7. The number of nitrogens with one attached hydrogen (secondary N) is 1. The van der Waals surface area contributed by atoms with Crippen molar-refractivity contribution >= 4 is 12.1 Å². The molecule has 156 valence electrons. The van der Waals surface area contributed by atoms with Gasteiger partial charge in [0.05, 0.1) is 0 Å². The van der Waals surface area contributed by atoms with Gasteiger partial charge < -0.3 is 15.2 Å². The first-order valence-corrected chi connectivity index (χ1v) is 10.1. The van der Waals surface area contributed by atoms with Crippen LogP contribution in [0.15, 0.2) is 24.3 Å². The molecule has 28 heavy (non-hydrogen) atoms. The molecule has 1 saturated heterocycles. The molecule has 2 N–H and O–H groups in total. The highest BCUT2D eigenvalue weighted by molar-refractivity contribution is 5.80. The Morgan fingerprint density at radius 1 is 1.14 bits per heavy atom. The van der Waals surface area contributed by atoms with Gasteiger partial charge in [-0.3, -0.25) is 4.90 Å². The molecule has 3 unspecified atom stereocenters. The number of alkyl carbamates (subject to hydrolysis) is 1. The number of piperidine rings is 1. The number of nitrogens with zero attached hydrogens (tertiary/aromatic N) is 1. The molecule has 1 aromatic rings. The molecule has 0 aliphatic carbocycles. The van der Waals surface area contributed by atoms with Gasteiger partial charge in [0.15, 0.2) is 0 Å². The number of carboxylic acids is 1. The van der Waals surface area contributed by atoms with E-state index in [1.54, 1.807) is 20.8 Å². The highest BCUT2D eigenvalue weighted by Gasteiger charge is 2.26. The van der Waals surface area contributed by atoms with Crippen LogP contribution in [0.4, 0.5) is 4.79 Å². The molecule has 1 aliphatic heterocycles. The molecular weight excluding hydrogens is 356 g/mol. The van der Waals surface area contributed by atoms with Crippen LogP contribution in [0.5, 0.6) is 0 Å². The third-order valence-electron chi connectivity index (χ3n) is 5.19. The second-order valence-corrected chi connectivity index (χ2v) is 8.86. The van der Waals surface area contributed by atoms with Crippen molar-refractivity contribution in [3.05, 3.63) is 35.4 Å². The molecule has 2 rings (SSSR count). The van der Waals surface area contributed by atoms with Gasteiger partial charge in [0.1, 0.15) is 11.6 Å². The van der Waals surface area contributed by atoms with E-state index < -0.39 is 23.7 Å². The minimum atomic E-state index is -1.08. The van der Waals surface area contributed by atoms with E-state index >= 15 is 0 Å². The van der Waals surface area contributed by atoms with E-state index in [1.165, 1.54) is 24.8 Å². The van der Waals surface area contributed by atoms with E-state index in [-0.39, 0.29) is 6.42 Å². The lowest BCUT2D eigenvalue weighted by Gasteiger charge is -2.39. The van der Waals surface area contributed by atoms with Crippen molar-refractivity contribution in [1.82, 2.24) is 10.2 Å². The number of carbonyl (C=O) groups excluding carboxylic acids is 1. The van der Waals surface area contributed by atoms with E-state index in [9.17, 15) is 14.7 Å². The number of likely N-dealkylation sites (tertiary alicyclic amines) is 1. The number of amides is 1. The van der Waals surface area contributed by atoms with Crippen molar-refractivity contribution in [2.24, 2.45) is 0 Å². The van der Waals surface area contributed by atoms with E-state index in [1.807, 2.05) is 12.1 Å². The highest BCUT2D eigenvalue weighted by atomic mass is 16.6. The first-order valence-electron chi connectivity index (χ1n) is 10.1. The first-order chi connectivity index (χ1) is 13.0. The minimum absolute atomic E-state index is 0.214. The summed E-state index contributed by atoms with van der Waals surface area (Å²) in [6, 6.07) is 8.13. The van der Waals surface area contributed by atoms with Gasteiger partial charge in [-0.25, -0.2) is 9.59 Å². The van der Waals surface area contributed by atoms with Gasteiger partial charge in [0.25, 0.3) is 0 Å². The van der Waals surface area contributed by atoms with E-state index in [2.05, 4.69) is 36.2 Å². The molecule has 6 nitrogen and oxygen atoms in total. The summed E-state index contributed by atoms with van der Waals surface area (Å²) in [6.07, 6.45) is 3.26. The van der Waals surface area contributed by atoms with Gasteiger partial charge in [0.2, 0.25) is 0 Å². The molecule has 0 saturated carbocycles. The van der Waals surface area contributed by atoms with Crippen LogP contribution in [0.2, 0.25) is 0 Å². The Morgan fingerprint density at radius 2 is 1.68 bits per heavy atom. The van der Waals surface area contributed by atoms with Crippen molar-refractivity contribution in [3.8, 4) is 0 Å². The maximum Gasteiger partial charge on any atom is 0.408 e. The minimum Gasteiger partial charge on any atom is -0.480 e. The van der Waals surface area contributed by atoms with Gasteiger partial charge in [-0.2, -0.15) is 0 Å². The lowest BCUT2D eigenvalue weighted by molar-refractivity contribution is -0.139. The summed E-state index contributed by atoms with van der Waals surface area (Å²) < 4.78 is 5.16. The van der Waals surface area contributed by atoms with Crippen LogP contribution in [0, 0.1) is 0 Å². The van der Waals surface area contributed by atoms with Crippen LogP contribution in [0.25, 0.3) is 0 Å². The molecular formula is C22H34N2O4. The number of hydrogen-bond acceptors (Lipinski definition) is 4. The fourth-order valence-electron chi connectivity index (χ4n) is 3.66. The fourth-order valence-corrected chi connectivity index (χ4v) is 3.66. The summed E-state index contributed by atoms with van der Waals surface area (Å²) in [4.78, 5) is 26.0. The summed E-state index contributed by atoms with van der Waals surface area (Å²) in [7, 11) is 0. The van der Waals surface area contributed by atoms with Crippen molar-refractivity contribution in [2.45, 2.75) is 90.6 Å². The quantitative estimate of drug-likeness (QED) is 0.768. The zero-order valence-corrected chi connectivity index (χ0v) is 17.7. The molecule has 1 fully saturated rings. The summed E-state index contributed by atoms with van der Waals surface area (Å²) in [5.74, 6) is -1.08. The van der Waals surface area contributed by atoms with Crippen molar-refractivity contribution in [3.63, 3.8) is 0 Å². The Morgan fingerprint density at radius 3 is 2.18 bits per heavy atom. The van der Waals surface area contributed by atoms with Gasteiger partial charge >= 0.3 is 12.1 Å². The maximum absolute atomic E-state index is 11.9. The van der Waals surface area contributed by atoms with Crippen LogP contribution in [0.3, 0.4) is 0 Å². The standard InChI is InChI=1S/C22H34N2O4/c1-15-7-6-8-16(2)24(15)14-18-11-9-17(10-12-18)13-19(20(25)26)23-21(27)28-22(3,4)5/h9-12,15-16,19H,6-8,13-14H2,1-5H3,(H,23,27)(H,25,26). The smallest absolute Gasteiger partial charge is 0.408 e. The number of carboxylic acid groups (broad SMARTS) is 1. The Hall–Kier alpha value is -2.08. The average molecular weight is 391 g/mol. The van der Waals surface area contributed by atoms with Gasteiger partial charge in [-0.15, -0.1) is 0 Å². The second kappa shape index (κ2) is 9.41. The van der Waals surface area contributed by atoms with E-state index in [0.29, 0.717) is 12.1 Å². The summed E-state index contributed by atoms with van der Waals surface area (Å²) in [6.45, 7) is 10.7. The predicted octanol–water partition coefficient (Wildman–Crippen LogP) is 3.97. The van der Waals surface area contributed by atoms with Gasteiger partial charge in [-0.1, -0.05) is 30.7 Å². The Balaban J connectivity index is 1.97. The first kappa shape index (κ1) is 22.2. The third kappa shape index (κ3) is 6.82. The highest BCUT2D eigenvalue weighted by Crippen LogP contribution is 2.24. The summed E-state index contributed by atoms with van der Waals surface area (Å²) >= 11 is 0. The van der Waals surface area contributed by atoms with Crippen LogP contribution < -0.4 is 5.32 Å². The predicted molar refractivity (Wildman–Crippen MR) is 109 cm³/mol. The monoisotopic (exact) mass is 390 g/mol. The summed E-state index contributed by atoms with van der Waals surface area (Å²) in [5.41, 5.74) is 1.42. The second-order valence-electron chi connectivity index (χ2n) is 8.86.